The van der Waals surface area contributed by atoms with E-state index in [4.69, 9.17) is 9.15 Å². The van der Waals surface area contributed by atoms with Crippen molar-refractivity contribution in [2.24, 2.45) is 0 Å². The molecule has 0 bridgehead atoms. The van der Waals surface area contributed by atoms with Crippen LogP contribution in [0.5, 0.6) is 0 Å². The number of hydrogen-bond donors (Lipinski definition) is 2. The van der Waals surface area contributed by atoms with Crippen LogP contribution < -0.4 is 10.6 Å². The van der Waals surface area contributed by atoms with Crippen LogP contribution in [0.4, 0.5) is 18.0 Å². The van der Waals surface area contributed by atoms with Crippen molar-refractivity contribution in [1.29, 1.82) is 0 Å². The molecule has 2 N–H and O–H groups in total. The van der Waals surface area contributed by atoms with Crippen LogP contribution in [0.1, 0.15) is 39.0 Å². The van der Waals surface area contributed by atoms with E-state index in [0.29, 0.717) is 11.1 Å². The number of alkyl carbamates (subject to hydrolysis) is 1. The summed E-state index contributed by atoms with van der Waals surface area (Å²) >= 11 is 0. The third kappa shape index (κ3) is 7.04. The van der Waals surface area contributed by atoms with Crippen molar-refractivity contribution in [1.82, 2.24) is 30.6 Å². The fourth-order valence-electron chi connectivity index (χ4n) is 3.58. The predicted molar refractivity (Wildman–Crippen MR) is 138 cm³/mol. The molecule has 10 nitrogen and oxygen atoms in total. The van der Waals surface area contributed by atoms with Crippen LogP contribution in [-0.4, -0.2) is 43.6 Å². The largest absolute Gasteiger partial charge is 0.444 e. The zero-order valence-electron chi connectivity index (χ0n) is 22.1. The fourth-order valence-corrected chi connectivity index (χ4v) is 3.58. The lowest BCUT2D eigenvalue weighted by Gasteiger charge is -2.21. The smallest absolute Gasteiger partial charge is 0.435 e. The van der Waals surface area contributed by atoms with Crippen molar-refractivity contribution in [3.05, 3.63) is 71.9 Å². The number of hydrogen-bond acceptors (Lipinski definition) is 7. The maximum Gasteiger partial charge on any atom is 0.435 e. The summed E-state index contributed by atoms with van der Waals surface area (Å²) in [6.45, 7) is 6.64. The number of amides is 2. The Morgan fingerprint density at radius 2 is 1.70 bits per heavy atom. The summed E-state index contributed by atoms with van der Waals surface area (Å²) in [5.41, 5.74) is -0.461. The molecule has 2 aromatic heterocycles. The van der Waals surface area contributed by atoms with Gasteiger partial charge in [-0.15, -0.1) is 10.2 Å². The quantitative estimate of drug-likeness (QED) is 0.323. The third-order valence-electron chi connectivity index (χ3n) is 5.41. The number of halogens is 3. The summed E-state index contributed by atoms with van der Waals surface area (Å²) in [6, 6.07) is 15.2. The van der Waals surface area contributed by atoms with E-state index in [-0.39, 0.29) is 29.7 Å². The molecule has 13 heteroatoms. The highest BCUT2D eigenvalue weighted by Crippen LogP contribution is 2.33. The molecule has 2 amide bonds. The Morgan fingerprint density at radius 1 is 1.00 bits per heavy atom. The number of carbonyl (C=O) groups excluding carboxylic acids is 2. The number of nitrogens with zero attached hydrogens (tertiary/aromatic N) is 4. The second-order valence-corrected chi connectivity index (χ2v) is 9.86. The molecule has 0 aliphatic carbocycles. The van der Waals surface area contributed by atoms with Gasteiger partial charge in [0.15, 0.2) is 5.69 Å². The minimum Gasteiger partial charge on any atom is -0.444 e. The molecular formula is C27H27F3N6O4. The number of rotatable bonds is 7. The zero-order chi connectivity index (χ0) is 29.1. The van der Waals surface area contributed by atoms with Gasteiger partial charge in [0.05, 0.1) is 5.69 Å². The summed E-state index contributed by atoms with van der Waals surface area (Å²) in [4.78, 5) is 24.4. The van der Waals surface area contributed by atoms with Crippen LogP contribution in [-0.2, 0) is 22.3 Å². The van der Waals surface area contributed by atoms with Crippen molar-refractivity contribution in [3.63, 3.8) is 0 Å². The van der Waals surface area contributed by atoms with E-state index in [0.717, 1.165) is 10.7 Å². The summed E-state index contributed by atoms with van der Waals surface area (Å²) < 4.78 is 52.7. The van der Waals surface area contributed by atoms with Crippen LogP contribution in [0.25, 0.3) is 28.7 Å². The van der Waals surface area contributed by atoms with Crippen LogP contribution >= 0.6 is 0 Å². The van der Waals surface area contributed by atoms with E-state index in [9.17, 15) is 22.8 Å². The molecule has 0 aliphatic rings. The molecule has 4 aromatic rings. The van der Waals surface area contributed by atoms with Crippen molar-refractivity contribution < 1.29 is 31.9 Å². The van der Waals surface area contributed by atoms with Gasteiger partial charge in [-0.1, -0.05) is 30.3 Å². The summed E-state index contributed by atoms with van der Waals surface area (Å²) in [6.07, 6.45) is -5.45. The van der Waals surface area contributed by atoms with Crippen LogP contribution in [0.15, 0.2) is 65.1 Å². The molecule has 0 radical (unpaired) electrons. The monoisotopic (exact) mass is 556 g/mol. The van der Waals surface area contributed by atoms with Crippen molar-refractivity contribution in [2.45, 2.75) is 52.1 Å². The van der Waals surface area contributed by atoms with E-state index >= 15 is 0 Å². The number of carbonyl (C=O) groups is 2. The van der Waals surface area contributed by atoms with E-state index < -0.39 is 35.5 Å². The molecule has 0 aliphatic heterocycles. The van der Waals surface area contributed by atoms with Gasteiger partial charge in [0.2, 0.25) is 11.8 Å². The molecular weight excluding hydrogens is 529 g/mol. The van der Waals surface area contributed by atoms with E-state index in [1.807, 2.05) is 0 Å². The van der Waals surface area contributed by atoms with E-state index in [2.05, 4.69) is 25.9 Å². The van der Waals surface area contributed by atoms with Crippen LogP contribution in [0.3, 0.4) is 0 Å². The highest BCUT2D eigenvalue weighted by Gasteiger charge is 2.36. The summed E-state index contributed by atoms with van der Waals surface area (Å²) in [5.74, 6) is -0.486. The average Bonchev–Trinajstić information content (AvgIpc) is 3.54. The Hall–Kier alpha value is -4.68. The fraction of sp³-hybridized carbons (Fsp3) is 0.296. The van der Waals surface area contributed by atoms with Gasteiger partial charge in [0, 0.05) is 18.2 Å². The molecule has 0 saturated heterocycles. The van der Waals surface area contributed by atoms with E-state index in [1.165, 1.54) is 6.92 Å². The summed E-state index contributed by atoms with van der Waals surface area (Å²) in [5, 5.41) is 16.8. The lowest BCUT2D eigenvalue weighted by molar-refractivity contribution is -0.141. The third-order valence-corrected chi connectivity index (χ3v) is 5.41. The Labute approximate surface area is 227 Å². The highest BCUT2D eigenvalue weighted by molar-refractivity contribution is 5.85. The van der Waals surface area contributed by atoms with Gasteiger partial charge in [-0.25, -0.2) is 9.48 Å². The SMILES string of the molecule is CC(NC(=O)OC(C)(C)C)C(=O)NCc1cccc(-n2nc(C(F)(F)F)cc2-c2nnc(-c3ccccc3)o2)c1. The molecule has 0 fully saturated rings. The zero-order valence-corrected chi connectivity index (χ0v) is 22.1. The Bertz CT molecular complexity index is 1490. The van der Waals surface area contributed by atoms with Gasteiger partial charge < -0.3 is 19.8 Å². The first kappa shape index (κ1) is 28.3. The number of nitrogens with one attached hydrogen (secondary N) is 2. The maximum atomic E-state index is 13.6. The number of ether oxygens (including phenoxy) is 1. The average molecular weight is 557 g/mol. The Morgan fingerprint density at radius 3 is 2.38 bits per heavy atom. The standard InChI is InChI=1S/C27H27F3N6O4/c1-16(32-25(38)40-26(2,3)4)22(37)31-15-17-9-8-12-19(13-17)36-20(14-21(35-36)27(28,29)30)24-34-33-23(39-24)18-10-6-5-7-11-18/h5-14,16H,15H2,1-4H3,(H,31,37)(H,32,38). The van der Waals surface area contributed by atoms with Crippen LogP contribution in [0, 0.1) is 0 Å². The molecule has 4 rings (SSSR count). The molecule has 2 aromatic carbocycles. The van der Waals surface area contributed by atoms with Crippen LogP contribution in [0.2, 0.25) is 0 Å². The molecule has 1 unspecified atom stereocenters. The second-order valence-electron chi connectivity index (χ2n) is 9.86. The Kier molecular flexibility index (Phi) is 7.93. The van der Waals surface area contributed by atoms with Crippen molar-refractivity contribution >= 4 is 12.0 Å². The molecule has 1 atom stereocenters. The van der Waals surface area contributed by atoms with Crippen molar-refractivity contribution in [3.8, 4) is 28.7 Å². The normalized spacial score (nSPS) is 12.6. The molecule has 0 spiro atoms. The van der Waals surface area contributed by atoms with Gasteiger partial charge in [-0.3, -0.25) is 4.79 Å². The first-order chi connectivity index (χ1) is 18.8. The lowest BCUT2D eigenvalue weighted by Crippen LogP contribution is -2.46. The summed E-state index contributed by atoms with van der Waals surface area (Å²) in [7, 11) is 0. The topological polar surface area (TPSA) is 124 Å². The van der Waals surface area contributed by atoms with Gasteiger partial charge in [-0.05, 0) is 57.5 Å². The molecule has 2 heterocycles. The number of alkyl halides is 3. The Balaban J connectivity index is 1.55. The van der Waals surface area contributed by atoms with E-state index in [1.54, 1.807) is 75.4 Å². The second kappa shape index (κ2) is 11.2. The van der Waals surface area contributed by atoms with Gasteiger partial charge >= 0.3 is 12.3 Å². The van der Waals surface area contributed by atoms with Gasteiger partial charge in [0.1, 0.15) is 17.3 Å². The maximum absolute atomic E-state index is 13.6. The number of benzene rings is 2. The predicted octanol–water partition coefficient (Wildman–Crippen LogP) is 5.14. The first-order valence-electron chi connectivity index (χ1n) is 12.2. The molecule has 40 heavy (non-hydrogen) atoms. The first-order valence-corrected chi connectivity index (χ1v) is 12.2. The lowest BCUT2D eigenvalue weighted by atomic mass is 10.2. The van der Waals surface area contributed by atoms with Crippen molar-refractivity contribution in [2.75, 3.05) is 0 Å². The molecule has 0 saturated carbocycles. The minimum absolute atomic E-state index is 0.0362. The highest BCUT2D eigenvalue weighted by atomic mass is 19.4. The molecule has 210 valence electrons. The number of aromatic nitrogens is 4. The van der Waals surface area contributed by atoms with Gasteiger partial charge in [0.25, 0.3) is 5.89 Å². The van der Waals surface area contributed by atoms with Gasteiger partial charge in [-0.2, -0.15) is 18.3 Å². The minimum atomic E-state index is -4.72.